The summed E-state index contributed by atoms with van der Waals surface area (Å²) in [5, 5.41) is 6.64. The summed E-state index contributed by atoms with van der Waals surface area (Å²) in [6.45, 7) is 6.04. The maximum Gasteiger partial charge on any atom is 0.267 e. The van der Waals surface area contributed by atoms with Crippen LogP contribution in [-0.2, 0) is 6.42 Å². The molecule has 1 aromatic carbocycles. The molecule has 7 heteroatoms. The number of halogens is 1. The van der Waals surface area contributed by atoms with Crippen LogP contribution in [0, 0.1) is 19.7 Å². The van der Waals surface area contributed by atoms with E-state index in [-0.39, 0.29) is 22.6 Å². The van der Waals surface area contributed by atoms with E-state index in [0.29, 0.717) is 25.1 Å². The van der Waals surface area contributed by atoms with E-state index in [1.54, 1.807) is 24.0 Å². The van der Waals surface area contributed by atoms with Gasteiger partial charge in [0.25, 0.3) is 11.5 Å². The van der Waals surface area contributed by atoms with Gasteiger partial charge < -0.3 is 9.80 Å². The van der Waals surface area contributed by atoms with Gasteiger partial charge in [0, 0.05) is 30.6 Å². The molecule has 1 aromatic heterocycles. The van der Waals surface area contributed by atoms with Crippen LogP contribution >= 0.6 is 0 Å². The van der Waals surface area contributed by atoms with Crippen molar-refractivity contribution in [2.45, 2.75) is 51.5 Å². The molecule has 2 aromatic rings. The molecule has 0 saturated carbocycles. The Balaban J connectivity index is 1.52. The SMILES string of the molecule is Cc1c(Cc2ccc(F)c(C(=O)N3CCC4(CCCN4C)CC3)c2)n[nH]c(=O)c1C. The summed E-state index contributed by atoms with van der Waals surface area (Å²) in [5.41, 5.74) is 3.08. The number of carbonyl (C=O) groups is 1. The third-order valence-electron chi connectivity index (χ3n) is 7.19. The molecule has 2 fully saturated rings. The Kier molecular flexibility index (Phi) is 5.49. The van der Waals surface area contributed by atoms with Crippen molar-refractivity contribution < 1.29 is 9.18 Å². The number of piperidine rings is 1. The van der Waals surface area contributed by atoms with E-state index in [0.717, 1.165) is 36.2 Å². The van der Waals surface area contributed by atoms with Crippen molar-refractivity contribution in [3.63, 3.8) is 0 Å². The largest absolute Gasteiger partial charge is 0.338 e. The zero-order valence-electron chi connectivity index (χ0n) is 17.9. The van der Waals surface area contributed by atoms with Gasteiger partial charge in [-0.25, -0.2) is 9.49 Å². The van der Waals surface area contributed by atoms with Crippen molar-refractivity contribution in [3.8, 4) is 0 Å². The summed E-state index contributed by atoms with van der Waals surface area (Å²) in [6, 6.07) is 4.66. The minimum absolute atomic E-state index is 0.113. The fourth-order valence-electron chi connectivity index (χ4n) is 4.89. The van der Waals surface area contributed by atoms with Crippen LogP contribution in [0.4, 0.5) is 4.39 Å². The summed E-state index contributed by atoms with van der Waals surface area (Å²) in [7, 11) is 2.17. The molecule has 1 N–H and O–H groups in total. The maximum atomic E-state index is 14.5. The number of carbonyl (C=O) groups excluding carboxylic acids is 1. The minimum Gasteiger partial charge on any atom is -0.338 e. The van der Waals surface area contributed by atoms with Crippen LogP contribution in [0.1, 0.15) is 58.4 Å². The molecule has 2 aliphatic rings. The number of nitrogens with zero attached hydrogens (tertiary/aromatic N) is 3. The lowest BCUT2D eigenvalue weighted by molar-refractivity contribution is 0.0488. The van der Waals surface area contributed by atoms with Gasteiger partial charge in [0.2, 0.25) is 0 Å². The predicted octanol–water partition coefficient (Wildman–Crippen LogP) is 2.82. The normalized spacial score (nSPS) is 18.9. The lowest BCUT2D eigenvalue weighted by Crippen LogP contribution is -2.52. The minimum atomic E-state index is -0.496. The summed E-state index contributed by atoms with van der Waals surface area (Å²) in [5.74, 6) is -0.739. The summed E-state index contributed by atoms with van der Waals surface area (Å²) in [6.07, 6.45) is 4.70. The van der Waals surface area contributed by atoms with Crippen LogP contribution in [0.2, 0.25) is 0 Å². The fraction of sp³-hybridized carbons (Fsp3) is 0.522. The monoisotopic (exact) mass is 412 g/mol. The number of amides is 1. The molecule has 0 unspecified atom stereocenters. The maximum absolute atomic E-state index is 14.5. The molecule has 160 valence electrons. The van der Waals surface area contributed by atoms with Crippen LogP contribution in [0.25, 0.3) is 0 Å². The molecule has 6 nitrogen and oxygen atoms in total. The Morgan fingerprint density at radius 1 is 1.17 bits per heavy atom. The van der Waals surface area contributed by atoms with Gasteiger partial charge in [-0.15, -0.1) is 0 Å². The molecule has 0 aliphatic carbocycles. The number of benzene rings is 1. The summed E-state index contributed by atoms with van der Waals surface area (Å²) >= 11 is 0. The first-order valence-electron chi connectivity index (χ1n) is 10.6. The second-order valence-electron chi connectivity index (χ2n) is 8.78. The van der Waals surface area contributed by atoms with E-state index in [4.69, 9.17) is 0 Å². The average Bonchev–Trinajstić information content (AvgIpc) is 3.09. The highest BCUT2D eigenvalue weighted by atomic mass is 19.1. The number of hydrogen-bond acceptors (Lipinski definition) is 4. The van der Waals surface area contributed by atoms with Gasteiger partial charge in [0.15, 0.2) is 0 Å². The molecule has 2 aliphatic heterocycles. The predicted molar refractivity (Wildman–Crippen MR) is 113 cm³/mol. The van der Waals surface area contributed by atoms with Crippen LogP contribution < -0.4 is 5.56 Å². The molecule has 4 rings (SSSR count). The number of H-pyrrole nitrogens is 1. The Hall–Kier alpha value is -2.54. The van der Waals surface area contributed by atoms with E-state index in [2.05, 4.69) is 22.1 Å². The van der Waals surface area contributed by atoms with Crippen molar-refractivity contribution >= 4 is 5.91 Å². The molecule has 30 heavy (non-hydrogen) atoms. The van der Waals surface area contributed by atoms with Crippen molar-refractivity contribution in [1.82, 2.24) is 20.0 Å². The van der Waals surface area contributed by atoms with Crippen LogP contribution in [-0.4, -0.2) is 58.1 Å². The fourth-order valence-corrected chi connectivity index (χ4v) is 4.89. The number of rotatable bonds is 3. The molecule has 0 radical (unpaired) electrons. The van der Waals surface area contributed by atoms with E-state index in [9.17, 15) is 14.0 Å². The lowest BCUT2D eigenvalue weighted by Gasteiger charge is -2.43. The highest BCUT2D eigenvalue weighted by Crippen LogP contribution is 2.37. The Morgan fingerprint density at radius 3 is 2.57 bits per heavy atom. The van der Waals surface area contributed by atoms with E-state index >= 15 is 0 Å². The number of aromatic nitrogens is 2. The molecule has 0 bridgehead atoms. The van der Waals surface area contributed by atoms with E-state index < -0.39 is 5.82 Å². The lowest BCUT2D eigenvalue weighted by atomic mass is 9.85. The van der Waals surface area contributed by atoms with Crippen LogP contribution in [0.3, 0.4) is 0 Å². The average molecular weight is 413 g/mol. The van der Waals surface area contributed by atoms with Gasteiger partial charge in [-0.3, -0.25) is 9.59 Å². The number of aromatic amines is 1. The molecule has 1 amide bonds. The van der Waals surface area contributed by atoms with Crippen molar-refractivity contribution in [1.29, 1.82) is 0 Å². The van der Waals surface area contributed by atoms with Gasteiger partial charge in [0.05, 0.1) is 11.3 Å². The third-order valence-corrected chi connectivity index (χ3v) is 7.19. The number of nitrogens with one attached hydrogen (secondary N) is 1. The zero-order chi connectivity index (χ0) is 21.5. The molecule has 1 spiro atoms. The van der Waals surface area contributed by atoms with Crippen LogP contribution in [0.15, 0.2) is 23.0 Å². The Morgan fingerprint density at radius 2 is 1.90 bits per heavy atom. The summed E-state index contributed by atoms with van der Waals surface area (Å²) in [4.78, 5) is 29.0. The number of hydrogen-bond donors (Lipinski definition) is 1. The zero-order valence-corrected chi connectivity index (χ0v) is 17.9. The summed E-state index contributed by atoms with van der Waals surface area (Å²) < 4.78 is 14.5. The van der Waals surface area contributed by atoms with Gasteiger partial charge in [-0.05, 0) is 76.4 Å². The second kappa shape index (κ2) is 7.95. The second-order valence-corrected chi connectivity index (χ2v) is 8.78. The van der Waals surface area contributed by atoms with Crippen molar-refractivity contribution in [2.75, 3.05) is 26.7 Å². The molecular weight excluding hydrogens is 383 g/mol. The third kappa shape index (κ3) is 3.67. The van der Waals surface area contributed by atoms with Crippen LogP contribution in [0.5, 0.6) is 0 Å². The number of likely N-dealkylation sites (tertiary alicyclic amines) is 2. The van der Waals surface area contributed by atoms with Gasteiger partial charge in [0.1, 0.15) is 5.82 Å². The topological polar surface area (TPSA) is 69.3 Å². The Bertz CT molecular complexity index is 1020. The van der Waals surface area contributed by atoms with E-state index in [1.807, 2.05) is 6.92 Å². The highest BCUT2D eigenvalue weighted by molar-refractivity contribution is 5.94. The first kappa shape index (κ1) is 20.7. The van der Waals surface area contributed by atoms with Gasteiger partial charge >= 0.3 is 0 Å². The van der Waals surface area contributed by atoms with E-state index in [1.165, 1.54) is 18.9 Å². The van der Waals surface area contributed by atoms with Gasteiger partial charge in [-0.1, -0.05) is 6.07 Å². The standard InChI is InChI=1S/C23H29FN4O2/c1-15-16(2)21(29)26-25-20(15)14-17-5-6-19(24)18(13-17)22(30)28-11-8-23(9-12-28)7-4-10-27(23)3/h5-6,13H,4,7-12,14H2,1-3H3,(H,26,29). The molecule has 0 atom stereocenters. The molecule has 3 heterocycles. The molecule has 2 saturated heterocycles. The molecular formula is C23H29FN4O2. The van der Waals surface area contributed by atoms with Crippen molar-refractivity contribution in [3.05, 3.63) is 62.3 Å². The quantitative estimate of drug-likeness (QED) is 0.842. The first-order chi connectivity index (χ1) is 14.3. The Labute approximate surface area is 176 Å². The highest BCUT2D eigenvalue weighted by Gasteiger charge is 2.42. The first-order valence-corrected chi connectivity index (χ1v) is 10.6. The smallest absolute Gasteiger partial charge is 0.267 e. The van der Waals surface area contributed by atoms with Crippen molar-refractivity contribution in [2.24, 2.45) is 0 Å². The van der Waals surface area contributed by atoms with Gasteiger partial charge in [-0.2, -0.15) is 5.10 Å².